The molecule has 0 aliphatic rings. The summed E-state index contributed by atoms with van der Waals surface area (Å²) >= 11 is 7.20. The van der Waals surface area contributed by atoms with Gasteiger partial charge in [0.1, 0.15) is 0 Å². The number of hydrogen-bond acceptors (Lipinski definition) is 4. The first-order valence-electron chi connectivity index (χ1n) is 7.41. The average Bonchev–Trinajstić information content (AvgIpc) is 2.56. The third-order valence-corrected chi connectivity index (χ3v) is 6.64. The van der Waals surface area contributed by atoms with E-state index in [2.05, 4.69) is 5.32 Å². The fraction of sp³-hybridized carbons (Fsp3) is 0.235. The van der Waals surface area contributed by atoms with Crippen molar-refractivity contribution in [2.75, 3.05) is 25.2 Å². The Morgan fingerprint density at radius 2 is 1.80 bits per heavy atom. The van der Waals surface area contributed by atoms with Crippen LogP contribution in [0.5, 0.6) is 0 Å². The second-order valence-electron chi connectivity index (χ2n) is 5.56. The number of aryl methyl sites for hydroxylation is 1. The van der Waals surface area contributed by atoms with E-state index in [4.69, 9.17) is 11.6 Å². The summed E-state index contributed by atoms with van der Waals surface area (Å²) in [5.41, 5.74) is 1.08. The number of sulfonamides is 1. The van der Waals surface area contributed by atoms with Gasteiger partial charge in [0.2, 0.25) is 15.9 Å². The normalized spacial score (nSPS) is 11.6. The van der Waals surface area contributed by atoms with Crippen LogP contribution in [0.15, 0.2) is 52.3 Å². The van der Waals surface area contributed by atoms with Gasteiger partial charge in [-0.3, -0.25) is 4.79 Å². The number of carbonyl (C=O) groups is 1. The van der Waals surface area contributed by atoms with Gasteiger partial charge < -0.3 is 5.32 Å². The summed E-state index contributed by atoms with van der Waals surface area (Å²) in [5, 5.41) is 3.38. The molecule has 5 nitrogen and oxygen atoms in total. The van der Waals surface area contributed by atoms with Crippen molar-refractivity contribution in [2.45, 2.75) is 16.7 Å². The molecule has 1 N–H and O–H groups in total. The molecule has 0 spiro atoms. The molecule has 25 heavy (non-hydrogen) atoms. The first kappa shape index (κ1) is 19.8. The Bertz CT molecular complexity index is 866. The van der Waals surface area contributed by atoms with E-state index in [0.29, 0.717) is 16.3 Å². The van der Waals surface area contributed by atoms with Crippen LogP contribution in [-0.4, -0.2) is 38.5 Å². The molecular weight excluding hydrogens is 380 g/mol. The first-order chi connectivity index (χ1) is 11.7. The van der Waals surface area contributed by atoms with Crippen molar-refractivity contribution in [3.63, 3.8) is 0 Å². The number of carbonyl (C=O) groups excluding carboxylic acids is 1. The van der Waals surface area contributed by atoms with Crippen molar-refractivity contribution in [3.05, 3.63) is 53.1 Å². The van der Waals surface area contributed by atoms with Crippen molar-refractivity contribution >= 4 is 45.0 Å². The minimum Gasteiger partial charge on any atom is -0.325 e. The largest absolute Gasteiger partial charge is 0.325 e. The van der Waals surface area contributed by atoms with E-state index in [9.17, 15) is 13.2 Å². The number of amides is 1. The number of nitrogens with one attached hydrogen (secondary N) is 1. The summed E-state index contributed by atoms with van der Waals surface area (Å²) in [5.74, 6) is 0.00246. The zero-order valence-corrected chi connectivity index (χ0v) is 16.5. The summed E-state index contributed by atoms with van der Waals surface area (Å²) in [6.45, 7) is 1.72. The molecule has 0 saturated heterocycles. The minimum absolute atomic E-state index is 0.181. The number of anilines is 1. The van der Waals surface area contributed by atoms with Crippen LogP contribution in [0, 0.1) is 6.92 Å². The van der Waals surface area contributed by atoms with Crippen LogP contribution in [-0.2, 0) is 14.8 Å². The molecule has 0 saturated carbocycles. The van der Waals surface area contributed by atoms with E-state index in [1.54, 1.807) is 31.2 Å². The number of benzene rings is 2. The maximum Gasteiger partial charge on any atom is 0.242 e. The Morgan fingerprint density at radius 1 is 1.16 bits per heavy atom. The Kier molecular flexibility index (Phi) is 6.51. The fourth-order valence-electron chi connectivity index (χ4n) is 2.03. The topological polar surface area (TPSA) is 66.5 Å². The molecule has 0 bridgehead atoms. The lowest BCUT2D eigenvalue weighted by molar-refractivity contribution is -0.113. The van der Waals surface area contributed by atoms with Gasteiger partial charge in [0.15, 0.2) is 0 Å². The second-order valence-corrected chi connectivity index (χ2v) is 9.16. The molecular formula is C17H19ClN2O3S2. The molecule has 1 amide bonds. The third-order valence-electron chi connectivity index (χ3n) is 3.41. The van der Waals surface area contributed by atoms with E-state index in [1.807, 2.05) is 12.1 Å². The monoisotopic (exact) mass is 398 g/mol. The SMILES string of the molecule is Cc1ccc(NC(=O)CSc2ccc(Cl)cc2)cc1S(=O)(=O)N(C)C. The third kappa shape index (κ3) is 5.22. The molecule has 8 heteroatoms. The molecule has 0 aliphatic carbocycles. The zero-order chi connectivity index (χ0) is 18.6. The Hall–Kier alpha value is -1.54. The number of rotatable bonds is 6. The molecule has 0 aromatic heterocycles. The number of nitrogens with zero attached hydrogens (tertiary/aromatic N) is 1. The van der Waals surface area contributed by atoms with Gasteiger partial charge in [-0.1, -0.05) is 17.7 Å². The molecule has 0 atom stereocenters. The van der Waals surface area contributed by atoms with Gasteiger partial charge in [-0.25, -0.2) is 12.7 Å². The zero-order valence-electron chi connectivity index (χ0n) is 14.1. The summed E-state index contributed by atoms with van der Waals surface area (Å²) in [4.78, 5) is 13.2. The second kappa shape index (κ2) is 8.23. The smallest absolute Gasteiger partial charge is 0.242 e. The van der Waals surface area contributed by atoms with Crippen molar-refractivity contribution in [1.82, 2.24) is 4.31 Å². The number of halogens is 1. The molecule has 0 heterocycles. The van der Waals surface area contributed by atoms with Gasteiger partial charge in [0.05, 0.1) is 10.6 Å². The predicted molar refractivity (Wildman–Crippen MR) is 103 cm³/mol. The lowest BCUT2D eigenvalue weighted by Crippen LogP contribution is -2.23. The lowest BCUT2D eigenvalue weighted by atomic mass is 10.2. The highest BCUT2D eigenvalue weighted by Crippen LogP contribution is 2.24. The number of hydrogen-bond donors (Lipinski definition) is 1. The molecule has 2 aromatic rings. The fourth-order valence-corrected chi connectivity index (χ4v) is 4.00. The van der Waals surface area contributed by atoms with Crippen molar-refractivity contribution in [1.29, 1.82) is 0 Å². The van der Waals surface area contributed by atoms with Gasteiger partial charge in [-0.15, -0.1) is 11.8 Å². The average molecular weight is 399 g/mol. The lowest BCUT2D eigenvalue weighted by Gasteiger charge is -2.15. The van der Waals surface area contributed by atoms with Crippen LogP contribution in [0.2, 0.25) is 5.02 Å². The van der Waals surface area contributed by atoms with Crippen LogP contribution in [0.3, 0.4) is 0 Å². The molecule has 0 aliphatic heterocycles. The Balaban J connectivity index is 2.07. The van der Waals surface area contributed by atoms with Crippen molar-refractivity contribution in [3.8, 4) is 0 Å². The molecule has 134 valence electrons. The van der Waals surface area contributed by atoms with Crippen LogP contribution in [0.4, 0.5) is 5.69 Å². The maximum absolute atomic E-state index is 12.3. The Morgan fingerprint density at radius 3 is 2.40 bits per heavy atom. The molecule has 2 aromatic carbocycles. The predicted octanol–water partition coefficient (Wildman–Crippen LogP) is 3.63. The Labute approximate surface area is 157 Å². The highest BCUT2D eigenvalue weighted by Gasteiger charge is 2.20. The van der Waals surface area contributed by atoms with E-state index < -0.39 is 10.0 Å². The summed E-state index contributed by atoms with van der Waals surface area (Å²) in [6.07, 6.45) is 0. The van der Waals surface area contributed by atoms with Gasteiger partial charge in [0, 0.05) is 29.7 Å². The first-order valence-corrected chi connectivity index (χ1v) is 10.2. The molecule has 0 unspecified atom stereocenters. The van der Waals surface area contributed by atoms with Crippen molar-refractivity contribution in [2.24, 2.45) is 0 Å². The van der Waals surface area contributed by atoms with Crippen LogP contribution < -0.4 is 5.32 Å². The van der Waals surface area contributed by atoms with Crippen LogP contribution in [0.1, 0.15) is 5.56 Å². The minimum atomic E-state index is -3.56. The van der Waals surface area contributed by atoms with E-state index in [1.165, 1.54) is 31.9 Å². The summed E-state index contributed by atoms with van der Waals surface area (Å²) in [7, 11) is -0.611. The summed E-state index contributed by atoms with van der Waals surface area (Å²) < 4.78 is 25.8. The molecule has 0 fully saturated rings. The van der Waals surface area contributed by atoms with E-state index in [-0.39, 0.29) is 16.6 Å². The van der Waals surface area contributed by atoms with Crippen LogP contribution >= 0.6 is 23.4 Å². The van der Waals surface area contributed by atoms with E-state index in [0.717, 1.165) is 9.20 Å². The van der Waals surface area contributed by atoms with Gasteiger partial charge in [-0.2, -0.15) is 0 Å². The maximum atomic E-state index is 12.3. The molecule has 2 rings (SSSR count). The van der Waals surface area contributed by atoms with Crippen LogP contribution in [0.25, 0.3) is 0 Å². The van der Waals surface area contributed by atoms with Crippen molar-refractivity contribution < 1.29 is 13.2 Å². The highest BCUT2D eigenvalue weighted by molar-refractivity contribution is 8.00. The quantitative estimate of drug-likeness (QED) is 0.754. The number of thioether (sulfide) groups is 1. The van der Waals surface area contributed by atoms with Gasteiger partial charge >= 0.3 is 0 Å². The van der Waals surface area contributed by atoms with Gasteiger partial charge in [-0.05, 0) is 48.9 Å². The molecule has 0 radical (unpaired) electrons. The standard InChI is InChI=1S/C17H19ClN2O3S2/c1-12-4-7-14(10-16(12)25(22,23)20(2)3)19-17(21)11-24-15-8-5-13(18)6-9-15/h4-10H,11H2,1-3H3,(H,19,21). The van der Waals surface area contributed by atoms with Gasteiger partial charge in [0.25, 0.3) is 0 Å². The van der Waals surface area contributed by atoms with E-state index >= 15 is 0 Å². The highest BCUT2D eigenvalue weighted by atomic mass is 35.5. The summed E-state index contributed by atoms with van der Waals surface area (Å²) in [6, 6.07) is 12.1.